The number of hydrogen-bond donors (Lipinski definition) is 3. The zero-order valence-electron chi connectivity index (χ0n) is 17.1. The minimum atomic E-state index is 0. The monoisotopic (exact) mass is 493 g/mol. The first-order chi connectivity index (χ1) is 12.7. The van der Waals surface area contributed by atoms with E-state index in [1.165, 1.54) is 0 Å². The number of aliphatic hydroxyl groups excluding tert-OH is 1. The van der Waals surface area contributed by atoms with Crippen molar-refractivity contribution in [1.29, 1.82) is 0 Å². The van der Waals surface area contributed by atoms with Crippen LogP contribution < -0.4 is 20.1 Å². The number of guanidine groups is 1. The normalized spacial score (nSPS) is 12.1. The number of rotatable bonds is 12. The molecule has 3 N–H and O–H groups in total. The van der Waals surface area contributed by atoms with E-state index in [0.29, 0.717) is 19.1 Å². The Morgan fingerprint density at radius 1 is 1.15 bits per heavy atom. The van der Waals surface area contributed by atoms with Crippen molar-refractivity contribution in [2.45, 2.75) is 46.6 Å². The fourth-order valence-corrected chi connectivity index (χ4v) is 2.78. The van der Waals surface area contributed by atoms with Crippen LogP contribution in [0.5, 0.6) is 11.5 Å². The topological polar surface area (TPSA) is 75.1 Å². The molecule has 0 amide bonds. The molecule has 1 aromatic rings. The minimum Gasteiger partial charge on any atom is -0.493 e. The van der Waals surface area contributed by atoms with Crippen LogP contribution in [0, 0.1) is 5.92 Å². The number of nitrogens with one attached hydrogen (secondary N) is 2. The number of hydrogen-bond acceptors (Lipinski definition) is 4. The number of benzene rings is 1. The summed E-state index contributed by atoms with van der Waals surface area (Å²) in [4.78, 5) is 4.66. The second-order valence-corrected chi connectivity index (χ2v) is 6.16. The van der Waals surface area contributed by atoms with E-state index in [-0.39, 0.29) is 30.6 Å². The zero-order valence-corrected chi connectivity index (χ0v) is 19.4. The third-order valence-corrected chi connectivity index (χ3v) is 4.08. The van der Waals surface area contributed by atoms with Crippen molar-refractivity contribution >= 4 is 29.9 Å². The van der Waals surface area contributed by atoms with E-state index in [4.69, 9.17) is 9.47 Å². The van der Waals surface area contributed by atoms with Gasteiger partial charge in [-0.3, -0.25) is 0 Å². The summed E-state index contributed by atoms with van der Waals surface area (Å²) >= 11 is 0. The lowest BCUT2D eigenvalue weighted by molar-refractivity contribution is 0.251. The second-order valence-electron chi connectivity index (χ2n) is 6.16. The number of aliphatic hydroxyl groups is 1. The van der Waals surface area contributed by atoms with Gasteiger partial charge in [0, 0.05) is 19.7 Å². The van der Waals surface area contributed by atoms with Gasteiger partial charge in [0.1, 0.15) is 0 Å². The molecule has 156 valence electrons. The van der Waals surface area contributed by atoms with Crippen molar-refractivity contribution in [3.05, 3.63) is 23.8 Å². The van der Waals surface area contributed by atoms with Crippen LogP contribution in [0.15, 0.2) is 23.2 Å². The molecule has 0 aliphatic heterocycles. The van der Waals surface area contributed by atoms with Gasteiger partial charge in [-0.25, -0.2) is 4.99 Å². The summed E-state index contributed by atoms with van der Waals surface area (Å²) in [6, 6.07) is 5.89. The number of methoxy groups -OCH3 is 1. The van der Waals surface area contributed by atoms with Crippen molar-refractivity contribution < 1.29 is 14.6 Å². The summed E-state index contributed by atoms with van der Waals surface area (Å²) in [5, 5.41) is 15.9. The predicted octanol–water partition coefficient (Wildman–Crippen LogP) is 3.57. The van der Waals surface area contributed by atoms with Crippen LogP contribution in [0.25, 0.3) is 0 Å². The van der Waals surface area contributed by atoms with Gasteiger partial charge >= 0.3 is 0 Å². The highest BCUT2D eigenvalue weighted by atomic mass is 127. The summed E-state index contributed by atoms with van der Waals surface area (Å²) in [6.07, 6.45) is 3.03. The Hall–Kier alpha value is -1.22. The van der Waals surface area contributed by atoms with Gasteiger partial charge in [0.05, 0.1) is 20.3 Å². The summed E-state index contributed by atoms with van der Waals surface area (Å²) in [5.41, 5.74) is 1.06. The molecule has 1 atom stereocenters. The van der Waals surface area contributed by atoms with Gasteiger partial charge in [-0.05, 0) is 50.3 Å². The van der Waals surface area contributed by atoms with Crippen molar-refractivity contribution in [3.63, 3.8) is 0 Å². The lowest BCUT2D eigenvalue weighted by Crippen LogP contribution is -2.40. The van der Waals surface area contributed by atoms with Gasteiger partial charge in [0.25, 0.3) is 0 Å². The molecular formula is C20H36IN3O3. The fourth-order valence-electron chi connectivity index (χ4n) is 2.78. The summed E-state index contributed by atoms with van der Waals surface area (Å²) in [5.74, 6) is 2.72. The molecule has 0 saturated heterocycles. The molecule has 1 rings (SSSR count). The zero-order chi connectivity index (χ0) is 19.2. The maximum Gasteiger partial charge on any atom is 0.191 e. The molecule has 27 heavy (non-hydrogen) atoms. The van der Waals surface area contributed by atoms with Crippen LogP contribution in [-0.4, -0.2) is 44.5 Å². The molecule has 0 saturated carbocycles. The van der Waals surface area contributed by atoms with Crippen molar-refractivity contribution in [1.82, 2.24) is 10.6 Å². The Kier molecular flexibility index (Phi) is 15.1. The highest BCUT2D eigenvalue weighted by Crippen LogP contribution is 2.28. The van der Waals surface area contributed by atoms with Gasteiger partial charge in [-0.15, -0.1) is 24.0 Å². The van der Waals surface area contributed by atoms with E-state index in [9.17, 15) is 5.11 Å². The van der Waals surface area contributed by atoms with E-state index in [0.717, 1.165) is 55.4 Å². The van der Waals surface area contributed by atoms with E-state index < -0.39 is 0 Å². The first kappa shape index (κ1) is 25.8. The van der Waals surface area contributed by atoms with Crippen molar-refractivity contribution in [3.8, 4) is 11.5 Å². The first-order valence-electron chi connectivity index (χ1n) is 9.61. The van der Waals surface area contributed by atoms with E-state index >= 15 is 0 Å². The Morgan fingerprint density at radius 3 is 2.52 bits per heavy atom. The Labute approximate surface area is 181 Å². The van der Waals surface area contributed by atoms with Gasteiger partial charge in [-0.2, -0.15) is 0 Å². The lowest BCUT2D eigenvalue weighted by Gasteiger charge is -2.18. The van der Waals surface area contributed by atoms with E-state index in [1.807, 2.05) is 32.0 Å². The average Bonchev–Trinajstić information content (AvgIpc) is 2.65. The number of nitrogens with zero attached hydrogens (tertiary/aromatic N) is 1. The summed E-state index contributed by atoms with van der Waals surface area (Å²) in [6.45, 7) is 9.17. The molecule has 0 aliphatic rings. The molecule has 6 nitrogen and oxygen atoms in total. The van der Waals surface area contributed by atoms with Crippen molar-refractivity contribution in [2.75, 3.05) is 33.4 Å². The molecule has 7 heteroatoms. The third kappa shape index (κ3) is 10.0. The van der Waals surface area contributed by atoms with Crippen LogP contribution in [0.4, 0.5) is 0 Å². The fraction of sp³-hybridized carbons (Fsp3) is 0.650. The van der Waals surface area contributed by atoms with Gasteiger partial charge < -0.3 is 25.2 Å². The van der Waals surface area contributed by atoms with Crippen LogP contribution in [0.2, 0.25) is 0 Å². The molecule has 0 heterocycles. The summed E-state index contributed by atoms with van der Waals surface area (Å²) in [7, 11) is 1.64. The highest BCUT2D eigenvalue weighted by Gasteiger charge is 2.09. The molecule has 0 bridgehead atoms. The van der Waals surface area contributed by atoms with Crippen LogP contribution >= 0.6 is 24.0 Å². The van der Waals surface area contributed by atoms with Gasteiger partial charge in [-0.1, -0.05) is 19.4 Å². The van der Waals surface area contributed by atoms with Gasteiger partial charge in [0.15, 0.2) is 17.5 Å². The van der Waals surface area contributed by atoms with E-state index in [2.05, 4.69) is 22.5 Å². The lowest BCUT2D eigenvalue weighted by atomic mass is 10.0. The molecule has 1 unspecified atom stereocenters. The smallest absolute Gasteiger partial charge is 0.191 e. The molecular weight excluding hydrogens is 457 g/mol. The molecule has 0 aromatic heterocycles. The third-order valence-electron chi connectivity index (χ3n) is 4.08. The average molecular weight is 493 g/mol. The second kappa shape index (κ2) is 15.8. The molecule has 0 spiro atoms. The van der Waals surface area contributed by atoms with E-state index in [1.54, 1.807) is 7.11 Å². The Bertz CT molecular complexity index is 535. The largest absolute Gasteiger partial charge is 0.493 e. The Balaban J connectivity index is 0.00000676. The Morgan fingerprint density at radius 2 is 1.93 bits per heavy atom. The molecule has 0 fully saturated rings. The molecule has 0 aliphatic carbocycles. The maximum absolute atomic E-state index is 9.20. The van der Waals surface area contributed by atoms with Crippen LogP contribution in [0.3, 0.4) is 0 Å². The van der Waals surface area contributed by atoms with Crippen molar-refractivity contribution in [2.24, 2.45) is 10.9 Å². The standard InChI is InChI=1S/C20H35N3O3.HI/c1-5-8-16(11-12-24)14-22-20(21-6-2)23-15-17-9-10-18(26-7-3)19(13-17)25-4;/h9-10,13,16,24H,5-8,11-12,14-15H2,1-4H3,(H2,21,22,23);1H. The number of halogens is 1. The summed E-state index contributed by atoms with van der Waals surface area (Å²) < 4.78 is 10.9. The predicted molar refractivity (Wildman–Crippen MR) is 122 cm³/mol. The quantitative estimate of drug-likeness (QED) is 0.236. The van der Waals surface area contributed by atoms with Gasteiger partial charge in [0.2, 0.25) is 0 Å². The van der Waals surface area contributed by atoms with Crippen LogP contribution in [0.1, 0.15) is 45.6 Å². The number of aliphatic imine (C=N–C) groups is 1. The molecule has 0 radical (unpaired) electrons. The minimum absolute atomic E-state index is 0. The SMILES string of the molecule is CCCC(CCO)CNC(=NCc1ccc(OCC)c(OC)c1)NCC.I. The van der Waals surface area contributed by atoms with Crippen LogP contribution in [-0.2, 0) is 6.54 Å². The molecule has 1 aromatic carbocycles. The number of ether oxygens (including phenoxy) is 2. The maximum atomic E-state index is 9.20. The first-order valence-corrected chi connectivity index (χ1v) is 9.61. The highest BCUT2D eigenvalue weighted by molar-refractivity contribution is 14.0.